The number of fused-ring (bicyclic) bond motifs is 3. The Morgan fingerprint density at radius 3 is 2.09 bits per heavy atom. The smallest absolute Gasteiger partial charge is 0.407 e. The molecule has 0 atom stereocenters. The van der Waals surface area contributed by atoms with Gasteiger partial charge < -0.3 is 20.5 Å². The van der Waals surface area contributed by atoms with E-state index in [0.29, 0.717) is 12.8 Å². The third-order valence-corrected chi connectivity index (χ3v) is 6.76. The molecule has 0 heterocycles. The van der Waals surface area contributed by atoms with Crippen LogP contribution in [0, 0.1) is 0 Å². The van der Waals surface area contributed by atoms with E-state index in [-0.39, 0.29) is 18.9 Å². The molecule has 1 fully saturated rings. The van der Waals surface area contributed by atoms with Gasteiger partial charge in [0.05, 0.1) is 5.54 Å². The molecule has 0 bridgehead atoms. The Labute approximate surface area is 193 Å². The highest BCUT2D eigenvalue weighted by Gasteiger charge is 2.40. The molecule has 2 amide bonds. The number of rotatable bonds is 7. The van der Waals surface area contributed by atoms with Crippen LogP contribution in [0.15, 0.2) is 48.5 Å². The molecule has 33 heavy (non-hydrogen) atoms. The van der Waals surface area contributed by atoms with Crippen LogP contribution in [-0.4, -0.2) is 40.8 Å². The summed E-state index contributed by atoms with van der Waals surface area (Å²) >= 11 is 0. The largest absolute Gasteiger partial charge is 0.480 e. The Balaban J connectivity index is 1.41. The average Bonchev–Trinajstić information content (AvgIpc) is 3.34. The summed E-state index contributed by atoms with van der Waals surface area (Å²) < 4.78 is 5.67. The predicted molar refractivity (Wildman–Crippen MR) is 124 cm³/mol. The second-order valence-corrected chi connectivity index (χ2v) is 9.59. The van der Waals surface area contributed by atoms with E-state index in [2.05, 4.69) is 34.9 Å². The molecule has 4 rings (SSSR count). The van der Waals surface area contributed by atoms with Crippen molar-refractivity contribution in [2.45, 2.75) is 62.9 Å². The maximum absolute atomic E-state index is 12.8. The number of hydrogen-bond acceptors (Lipinski definition) is 4. The molecule has 2 aliphatic carbocycles. The molecule has 2 aromatic rings. The average molecular weight is 451 g/mol. The van der Waals surface area contributed by atoms with Crippen molar-refractivity contribution in [3.05, 3.63) is 59.7 Å². The second kappa shape index (κ2) is 8.89. The fourth-order valence-electron chi connectivity index (χ4n) is 5.00. The fourth-order valence-corrected chi connectivity index (χ4v) is 5.00. The summed E-state index contributed by atoms with van der Waals surface area (Å²) in [7, 11) is 0. The van der Waals surface area contributed by atoms with Gasteiger partial charge in [0.25, 0.3) is 0 Å². The van der Waals surface area contributed by atoms with Gasteiger partial charge in [0, 0.05) is 12.3 Å². The van der Waals surface area contributed by atoms with Crippen LogP contribution in [-0.2, 0) is 14.3 Å². The first-order valence-corrected chi connectivity index (χ1v) is 11.4. The predicted octanol–water partition coefficient (Wildman–Crippen LogP) is 4.21. The summed E-state index contributed by atoms with van der Waals surface area (Å²) in [6.45, 7) is 3.08. The number of carbonyl (C=O) groups is 3. The lowest BCUT2D eigenvalue weighted by Gasteiger charge is -2.31. The third-order valence-electron chi connectivity index (χ3n) is 6.76. The number of alkyl carbamates (subject to hydrolysis) is 1. The van der Waals surface area contributed by atoms with Gasteiger partial charge in [-0.3, -0.25) is 4.79 Å². The minimum Gasteiger partial charge on any atom is -0.480 e. The number of hydrogen-bond donors (Lipinski definition) is 3. The van der Waals surface area contributed by atoms with Crippen molar-refractivity contribution in [3.63, 3.8) is 0 Å². The first-order valence-electron chi connectivity index (χ1n) is 11.4. The molecule has 2 aliphatic rings. The SMILES string of the molecule is CC(C)(NC(=O)CC1(NC(=O)OCC2c3ccccc3-c3ccccc32)CCCC1)C(=O)O. The Bertz CT molecular complexity index is 1030. The molecule has 0 spiro atoms. The summed E-state index contributed by atoms with van der Waals surface area (Å²) in [5.41, 5.74) is 2.50. The zero-order chi connectivity index (χ0) is 23.6. The third kappa shape index (κ3) is 4.72. The van der Waals surface area contributed by atoms with Gasteiger partial charge >= 0.3 is 12.1 Å². The van der Waals surface area contributed by atoms with Gasteiger partial charge in [-0.15, -0.1) is 0 Å². The number of nitrogens with one attached hydrogen (secondary N) is 2. The van der Waals surface area contributed by atoms with Gasteiger partial charge in [-0.05, 0) is 48.9 Å². The van der Waals surface area contributed by atoms with Crippen LogP contribution in [0.1, 0.15) is 63.0 Å². The highest BCUT2D eigenvalue weighted by molar-refractivity contribution is 5.87. The maximum atomic E-state index is 12.8. The van der Waals surface area contributed by atoms with Crippen LogP contribution in [0.3, 0.4) is 0 Å². The Hall–Kier alpha value is -3.35. The first kappa shape index (κ1) is 22.8. The van der Waals surface area contributed by atoms with Crippen LogP contribution in [0.2, 0.25) is 0 Å². The standard InChI is InChI=1S/C26H30N2O5/c1-25(2,23(30)31)27-22(29)15-26(13-7-8-14-26)28-24(32)33-16-21-19-11-5-3-9-17(19)18-10-4-6-12-20(18)21/h3-6,9-12,21H,7-8,13-16H2,1-2H3,(H,27,29)(H,28,32)(H,30,31). The Kier molecular flexibility index (Phi) is 6.15. The van der Waals surface area contributed by atoms with Gasteiger partial charge in [0.15, 0.2) is 0 Å². The zero-order valence-corrected chi connectivity index (χ0v) is 19.0. The highest BCUT2D eigenvalue weighted by Crippen LogP contribution is 2.44. The molecule has 0 saturated heterocycles. The molecule has 174 valence electrons. The Morgan fingerprint density at radius 2 is 1.55 bits per heavy atom. The summed E-state index contributed by atoms with van der Waals surface area (Å²) in [4.78, 5) is 36.7. The summed E-state index contributed by atoms with van der Waals surface area (Å²) in [6, 6.07) is 16.3. The maximum Gasteiger partial charge on any atom is 0.407 e. The van der Waals surface area contributed by atoms with E-state index < -0.39 is 29.0 Å². The summed E-state index contributed by atoms with van der Waals surface area (Å²) in [5, 5.41) is 14.8. The number of carboxylic acid groups (broad SMARTS) is 1. The number of ether oxygens (including phenoxy) is 1. The molecule has 7 nitrogen and oxygen atoms in total. The van der Waals surface area contributed by atoms with Crippen LogP contribution in [0.5, 0.6) is 0 Å². The van der Waals surface area contributed by atoms with E-state index in [1.165, 1.54) is 13.8 Å². The molecule has 7 heteroatoms. The van der Waals surface area contributed by atoms with E-state index in [9.17, 15) is 19.5 Å². The molecular weight excluding hydrogens is 420 g/mol. The molecular formula is C26H30N2O5. The van der Waals surface area contributed by atoms with Crippen molar-refractivity contribution in [2.75, 3.05) is 6.61 Å². The van der Waals surface area contributed by atoms with Crippen molar-refractivity contribution >= 4 is 18.0 Å². The Morgan fingerprint density at radius 1 is 1.00 bits per heavy atom. The quantitative estimate of drug-likeness (QED) is 0.586. The highest BCUT2D eigenvalue weighted by atomic mass is 16.5. The lowest BCUT2D eigenvalue weighted by atomic mass is 9.92. The van der Waals surface area contributed by atoms with E-state index >= 15 is 0 Å². The normalized spacial score (nSPS) is 16.5. The van der Waals surface area contributed by atoms with Crippen molar-refractivity contribution in [3.8, 4) is 11.1 Å². The molecule has 2 aromatic carbocycles. The van der Waals surface area contributed by atoms with Crippen molar-refractivity contribution in [1.82, 2.24) is 10.6 Å². The topological polar surface area (TPSA) is 105 Å². The van der Waals surface area contributed by atoms with E-state index in [4.69, 9.17) is 4.74 Å². The minimum atomic E-state index is -1.37. The summed E-state index contributed by atoms with van der Waals surface area (Å²) in [5.74, 6) is -1.55. The lowest BCUT2D eigenvalue weighted by molar-refractivity contribution is -0.146. The van der Waals surface area contributed by atoms with Crippen molar-refractivity contribution in [1.29, 1.82) is 0 Å². The molecule has 3 N–H and O–H groups in total. The minimum absolute atomic E-state index is 0.0217. The molecule has 1 saturated carbocycles. The van der Waals surface area contributed by atoms with Crippen molar-refractivity contribution in [2.24, 2.45) is 0 Å². The van der Waals surface area contributed by atoms with Gasteiger partial charge in [0.2, 0.25) is 5.91 Å². The number of amides is 2. The number of carbonyl (C=O) groups excluding carboxylic acids is 2. The van der Waals surface area contributed by atoms with E-state index in [1.807, 2.05) is 24.3 Å². The molecule has 0 aliphatic heterocycles. The van der Waals surface area contributed by atoms with Gasteiger partial charge in [0.1, 0.15) is 12.1 Å². The molecule has 0 unspecified atom stereocenters. The number of aliphatic carboxylic acids is 1. The van der Waals surface area contributed by atoms with Gasteiger partial charge in [-0.25, -0.2) is 9.59 Å². The number of carboxylic acids is 1. The van der Waals surface area contributed by atoms with Crippen LogP contribution in [0.25, 0.3) is 11.1 Å². The van der Waals surface area contributed by atoms with Crippen LogP contribution >= 0.6 is 0 Å². The lowest BCUT2D eigenvalue weighted by Crippen LogP contribution is -2.54. The van der Waals surface area contributed by atoms with Crippen molar-refractivity contribution < 1.29 is 24.2 Å². The van der Waals surface area contributed by atoms with Crippen LogP contribution < -0.4 is 10.6 Å². The van der Waals surface area contributed by atoms with Crippen LogP contribution in [0.4, 0.5) is 4.79 Å². The monoisotopic (exact) mass is 450 g/mol. The first-order chi connectivity index (χ1) is 15.7. The van der Waals surface area contributed by atoms with E-state index in [0.717, 1.165) is 35.1 Å². The van der Waals surface area contributed by atoms with E-state index in [1.54, 1.807) is 0 Å². The molecule has 0 aromatic heterocycles. The molecule has 0 radical (unpaired) electrons. The van der Waals surface area contributed by atoms with Gasteiger partial charge in [-0.2, -0.15) is 0 Å². The van der Waals surface area contributed by atoms with Gasteiger partial charge in [-0.1, -0.05) is 61.4 Å². The number of benzene rings is 2. The second-order valence-electron chi connectivity index (χ2n) is 9.59. The fraction of sp³-hybridized carbons (Fsp3) is 0.423. The zero-order valence-electron chi connectivity index (χ0n) is 19.0. The summed E-state index contributed by atoms with van der Waals surface area (Å²) in [6.07, 6.45) is 2.55.